The van der Waals surface area contributed by atoms with E-state index in [1.807, 2.05) is 78.9 Å². The molecule has 0 spiro atoms. The second-order valence-corrected chi connectivity index (χ2v) is 33.1. The van der Waals surface area contributed by atoms with Crippen LogP contribution in [0.3, 0.4) is 0 Å². The number of thioether (sulfide) groups is 1. The number of carbonyl (C=O) groups is 4. The fourth-order valence-corrected chi connectivity index (χ4v) is 18.9. The number of esters is 4. The third-order valence-electron chi connectivity index (χ3n) is 20.7. The van der Waals surface area contributed by atoms with E-state index >= 15 is 0 Å². The van der Waals surface area contributed by atoms with Crippen LogP contribution < -0.4 is 41.9 Å². The Morgan fingerprint density at radius 3 is 0.942 bits per heavy atom. The highest BCUT2D eigenvalue weighted by Crippen LogP contribution is 2.50. The van der Waals surface area contributed by atoms with E-state index in [0.717, 1.165) is 181 Å². The zero-order valence-electron chi connectivity index (χ0n) is 72.5. The normalized spacial score (nSPS) is 11.2. The molecule has 0 amide bonds. The van der Waals surface area contributed by atoms with Crippen LogP contribution in [0, 0.1) is 13.8 Å². The summed E-state index contributed by atoms with van der Waals surface area (Å²) in [5.41, 5.74) is 37.1. The summed E-state index contributed by atoms with van der Waals surface area (Å²) < 4.78 is 49.7. The highest BCUT2D eigenvalue weighted by atomic mass is 32.2. The molecule has 0 unspecified atom stereocenters. The summed E-state index contributed by atoms with van der Waals surface area (Å²) in [6.45, 7) is 42.9. The van der Waals surface area contributed by atoms with Gasteiger partial charge in [0, 0.05) is 74.9 Å². The number of likely N-dealkylation sites (N-methyl/N-ethyl adjacent to an activating group) is 4. The summed E-state index contributed by atoms with van der Waals surface area (Å²) in [6.07, 6.45) is 2.07. The Kier molecular flexibility index (Phi) is 36.6. The molecule has 21 nitrogen and oxygen atoms in total. The standard InChI is InChI=1S/C24H30N2O3S2.2C24H30N2O3S.C23H28N2O4S/c1-5-26(6-2)14-15-29-21-17(16-10-8-9-11-19(16)30-4)12-13-18-20(24(27)28-7-3)23(25)31-22(18)21;1-5-26(6-2)14-15-29-21-18(17-10-8-16(4)9-11-17)12-13-19-20(24(27)28-7-3)23(25)30-22(19)21;1-5-26(6-2)13-14-29-21-18(17-10-8-9-16(4)15-17)11-12-19-20(24(27)28-7-3)23(25)30-22(19)21;1-4-25(5-2)13-14-29-20-17(15-7-9-16(26)10-8-15)11-12-18-19(23(27)28-6-3)22(24)30-21(18)20/h8-13H,5-7,14-15,25H2,1-4H3;8-13H,5-7,14-15,25H2,1-4H3;8-12,15H,5-7,13-14,25H2,1-4H3;7-12,26H,4-6,13-14,24H2,1-3H3. The van der Waals surface area contributed by atoms with E-state index in [-0.39, 0.29) is 12.4 Å². The van der Waals surface area contributed by atoms with Crippen molar-refractivity contribution < 1.29 is 62.2 Å². The van der Waals surface area contributed by atoms with Gasteiger partial charge in [0.05, 0.1) is 45.2 Å². The number of ether oxygens (including phenoxy) is 8. The van der Waals surface area contributed by atoms with Crippen LogP contribution in [0.5, 0.6) is 28.7 Å². The third-order valence-corrected chi connectivity index (χ3v) is 25.7. The quantitative estimate of drug-likeness (QED) is 0.0137. The number of aryl methyl sites for hydroxylation is 2. The summed E-state index contributed by atoms with van der Waals surface area (Å²) in [5, 5.41) is 14.5. The molecule has 0 aliphatic heterocycles. The van der Waals surface area contributed by atoms with E-state index in [9.17, 15) is 24.3 Å². The number of fused-ring (bicyclic) bond motifs is 4. The molecule has 0 saturated carbocycles. The minimum absolute atomic E-state index is 0.203. The number of hydrogen-bond donors (Lipinski definition) is 5. The van der Waals surface area contributed by atoms with Crippen LogP contribution >= 0.6 is 57.1 Å². The number of rotatable bonds is 37. The summed E-state index contributed by atoms with van der Waals surface area (Å²) in [7, 11) is 0. The van der Waals surface area contributed by atoms with Gasteiger partial charge >= 0.3 is 23.9 Å². The van der Waals surface area contributed by atoms with E-state index in [0.29, 0.717) is 94.3 Å². The van der Waals surface area contributed by atoms with E-state index in [1.165, 1.54) is 61.4 Å². The number of phenols is 1. The fourth-order valence-electron chi connectivity index (χ4n) is 14.1. The number of nitrogens with zero attached hydrogens (tertiary/aromatic N) is 4. The lowest BCUT2D eigenvalue weighted by atomic mass is 10.0. The van der Waals surface area contributed by atoms with Crippen molar-refractivity contribution in [3.8, 4) is 73.3 Å². The Bertz CT molecular complexity index is 5250. The number of aromatic hydroxyl groups is 1. The molecule has 646 valence electrons. The van der Waals surface area contributed by atoms with Gasteiger partial charge in [0.1, 0.15) is 97.4 Å². The van der Waals surface area contributed by atoms with Gasteiger partial charge in [0.15, 0.2) is 0 Å². The summed E-state index contributed by atoms with van der Waals surface area (Å²) >= 11 is 7.18. The molecule has 121 heavy (non-hydrogen) atoms. The van der Waals surface area contributed by atoms with Crippen molar-refractivity contribution in [2.75, 3.05) is 161 Å². The van der Waals surface area contributed by atoms with Crippen LogP contribution in [0.2, 0.25) is 0 Å². The Morgan fingerprint density at radius 1 is 0.339 bits per heavy atom. The molecule has 26 heteroatoms. The fraction of sp³-hybridized carbons (Fsp3) is 0.368. The first kappa shape index (κ1) is 94.7. The third kappa shape index (κ3) is 23.6. The molecule has 0 bridgehead atoms. The highest BCUT2D eigenvalue weighted by molar-refractivity contribution is 7.98. The van der Waals surface area contributed by atoms with Gasteiger partial charge in [-0.25, -0.2) is 19.2 Å². The molecule has 4 heterocycles. The van der Waals surface area contributed by atoms with Crippen molar-refractivity contribution in [1.82, 2.24) is 19.6 Å². The average molecular weight is 1740 g/mol. The number of carbonyl (C=O) groups excluding carboxylic acids is 4. The zero-order valence-corrected chi connectivity index (χ0v) is 76.6. The Labute approximate surface area is 732 Å². The largest absolute Gasteiger partial charge is 0.508 e. The smallest absolute Gasteiger partial charge is 0.341 e. The van der Waals surface area contributed by atoms with Gasteiger partial charge in [-0.15, -0.1) is 57.1 Å². The first-order valence-electron chi connectivity index (χ1n) is 41.6. The van der Waals surface area contributed by atoms with E-state index < -0.39 is 23.9 Å². The molecule has 0 aliphatic carbocycles. The molecule has 0 fully saturated rings. The van der Waals surface area contributed by atoms with Gasteiger partial charge in [-0.05, 0) is 165 Å². The van der Waals surface area contributed by atoms with E-state index in [4.69, 9.17) is 60.8 Å². The maximum Gasteiger partial charge on any atom is 0.341 e. The second-order valence-electron chi connectivity index (χ2n) is 28.0. The lowest BCUT2D eigenvalue weighted by Crippen LogP contribution is -2.28. The van der Waals surface area contributed by atoms with Crippen molar-refractivity contribution in [1.29, 1.82) is 0 Å². The molecule has 0 aliphatic rings. The van der Waals surface area contributed by atoms with Gasteiger partial charge in [-0.1, -0.05) is 170 Å². The average Bonchev–Trinajstić information content (AvgIpc) is 1.65. The number of anilines is 4. The van der Waals surface area contributed by atoms with Crippen LogP contribution in [-0.2, 0) is 18.9 Å². The SMILES string of the molecule is CCOC(=O)c1c(N)sc2c(OCCN(CC)CC)c(-c3ccc(C)cc3)ccc12.CCOC(=O)c1c(N)sc2c(OCCN(CC)CC)c(-c3ccc(O)cc3)ccc12.CCOC(=O)c1c(N)sc2c(OCCN(CC)CC)c(-c3cccc(C)c3)ccc12.CCOC(=O)c1c(N)sc2c(OCCN(CC)CC)c(-c3ccccc3SC)ccc12. The monoisotopic (exact) mass is 1740 g/mol. The number of nitrogen functional groups attached to an aromatic ring is 4. The number of nitrogens with two attached hydrogens (primary N) is 4. The number of thiophene rings is 4. The minimum atomic E-state index is -0.423. The lowest BCUT2D eigenvalue weighted by molar-refractivity contribution is 0.0520. The molecule has 4 aromatic heterocycles. The highest BCUT2D eigenvalue weighted by Gasteiger charge is 2.29. The maximum absolute atomic E-state index is 12.5. The summed E-state index contributed by atoms with van der Waals surface area (Å²) in [5.74, 6) is 1.63. The Morgan fingerprint density at radius 2 is 0.636 bits per heavy atom. The molecule has 9 N–H and O–H groups in total. The van der Waals surface area contributed by atoms with Gasteiger partial charge in [-0.3, -0.25) is 0 Å². The van der Waals surface area contributed by atoms with Gasteiger partial charge < -0.3 is 85.5 Å². The van der Waals surface area contributed by atoms with Crippen LogP contribution in [-0.4, -0.2) is 186 Å². The zero-order chi connectivity index (χ0) is 87.4. The summed E-state index contributed by atoms with van der Waals surface area (Å²) in [6, 6.07) is 47.7. The van der Waals surface area contributed by atoms with Gasteiger partial charge in [0.2, 0.25) is 0 Å². The molecule has 12 rings (SSSR count). The van der Waals surface area contributed by atoms with Crippen LogP contribution in [0.4, 0.5) is 20.0 Å². The van der Waals surface area contributed by atoms with Crippen LogP contribution in [0.1, 0.15) is 136 Å². The minimum Gasteiger partial charge on any atom is -0.508 e. The van der Waals surface area contributed by atoms with Crippen molar-refractivity contribution in [2.24, 2.45) is 0 Å². The number of phenolic OH excluding ortho intramolecular Hbond substituents is 1. The molecule has 0 atom stereocenters. The molecule has 12 aromatic rings. The number of benzene rings is 8. The predicted molar refractivity (Wildman–Crippen MR) is 507 cm³/mol. The molecular weight excluding hydrogens is 1620 g/mol. The Hall–Kier alpha value is -10.1. The van der Waals surface area contributed by atoms with Crippen molar-refractivity contribution in [3.05, 3.63) is 179 Å². The van der Waals surface area contributed by atoms with Crippen molar-refractivity contribution in [3.63, 3.8) is 0 Å². The van der Waals surface area contributed by atoms with Crippen LogP contribution in [0.25, 0.3) is 84.9 Å². The van der Waals surface area contributed by atoms with Gasteiger partial charge in [-0.2, -0.15) is 0 Å². The van der Waals surface area contributed by atoms with E-state index in [1.54, 1.807) is 51.6 Å². The van der Waals surface area contributed by atoms with Crippen LogP contribution in [0.15, 0.2) is 150 Å². The summed E-state index contributed by atoms with van der Waals surface area (Å²) in [4.78, 5) is 60.4. The molecule has 0 radical (unpaired) electrons. The topological polar surface area (TPSA) is 279 Å². The first-order valence-corrected chi connectivity index (χ1v) is 46.1. The van der Waals surface area contributed by atoms with Gasteiger partial charge in [0.25, 0.3) is 0 Å². The molecule has 8 aromatic carbocycles. The predicted octanol–water partition coefficient (Wildman–Crippen LogP) is 21.2. The molecule has 0 saturated heterocycles. The number of hydrogen-bond acceptors (Lipinski definition) is 26. The van der Waals surface area contributed by atoms with Crippen molar-refractivity contribution in [2.45, 2.75) is 102 Å². The van der Waals surface area contributed by atoms with Crippen molar-refractivity contribution >= 4 is 141 Å². The Balaban J connectivity index is 0.000000183. The lowest BCUT2D eigenvalue weighted by Gasteiger charge is -2.20. The first-order chi connectivity index (χ1) is 58.5. The molecular formula is C95H118N8O13S5. The van der Waals surface area contributed by atoms with E-state index in [2.05, 4.69) is 150 Å². The maximum atomic E-state index is 12.5. The second kappa shape index (κ2) is 46.8.